The number of hydrogen-bond donors (Lipinski definition) is 0. The van der Waals surface area contributed by atoms with Gasteiger partial charge in [-0.05, 0) is 49.4 Å². The fourth-order valence-electron chi connectivity index (χ4n) is 3.98. The van der Waals surface area contributed by atoms with Crippen LogP contribution in [0.4, 0.5) is 5.69 Å². The van der Waals surface area contributed by atoms with E-state index >= 15 is 0 Å². The highest BCUT2D eigenvalue weighted by molar-refractivity contribution is 7.99. The van der Waals surface area contributed by atoms with Gasteiger partial charge >= 0.3 is 0 Å². The molecule has 7 heteroatoms. The Kier molecular flexibility index (Phi) is 6.70. The Hall–Kier alpha value is -2.93. The van der Waals surface area contributed by atoms with Gasteiger partial charge in [-0.15, -0.1) is 10.2 Å². The summed E-state index contributed by atoms with van der Waals surface area (Å²) < 4.78 is 6.52. The number of benzene rings is 2. The fourth-order valence-corrected chi connectivity index (χ4v) is 4.71. The van der Waals surface area contributed by atoms with E-state index in [1.807, 2.05) is 31.2 Å². The molecule has 0 radical (unpaired) electrons. The summed E-state index contributed by atoms with van der Waals surface area (Å²) in [5.74, 6) is 1.68. The molecule has 1 amide bonds. The van der Waals surface area contributed by atoms with Crippen molar-refractivity contribution in [2.75, 3.05) is 10.7 Å². The third kappa shape index (κ3) is 4.74. The molecule has 0 saturated carbocycles. The Labute approximate surface area is 199 Å². The number of aromatic nitrogens is 3. The lowest BCUT2D eigenvalue weighted by molar-refractivity contribution is -0.118. The van der Waals surface area contributed by atoms with E-state index in [0.29, 0.717) is 22.6 Å². The van der Waals surface area contributed by atoms with Gasteiger partial charge in [-0.3, -0.25) is 9.69 Å². The number of carbonyl (C=O) groups excluding carboxylic acids is 1. The molecule has 0 spiro atoms. The molecule has 0 N–H and O–H groups in total. The molecule has 0 bridgehead atoms. The van der Waals surface area contributed by atoms with Crippen molar-refractivity contribution >= 4 is 23.4 Å². The molecule has 4 rings (SSSR count). The molecule has 2 heterocycles. The topological polar surface area (TPSA) is 68.2 Å². The van der Waals surface area contributed by atoms with Crippen molar-refractivity contribution < 1.29 is 9.53 Å². The SMILES string of the molecule is CCc1ccc2c(c1)-c1nnc(SCC(C)C)nc1OC(c1ccc(C)cc1C)N2C(C)=O. The minimum atomic E-state index is -0.657. The van der Waals surface area contributed by atoms with Gasteiger partial charge in [-0.1, -0.05) is 62.4 Å². The molecule has 1 aliphatic heterocycles. The average Bonchev–Trinajstić information content (AvgIpc) is 2.91. The van der Waals surface area contributed by atoms with Gasteiger partial charge in [0, 0.05) is 23.8 Å². The summed E-state index contributed by atoms with van der Waals surface area (Å²) in [5.41, 5.74) is 6.40. The highest BCUT2D eigenvalue weighted by Gasteiger charge is 2.35. The number of nitrogens with zero attached hydrogens (tertiary/aromatic N) is 4. The van der Waals surface area contributed by atoms with Crippen molar-refractivity contribution in [2.24, 2.45) is 5.92 Å². The van der Waals surface area contributed by atoms with Gasteiger partial charge in [-0.25, -0.2) is 0 Å². The molecule has 1 unspecified atom stereocenters. The number of anilines is 1. The first-order valence-corrected chi connectivity index (χ1v) is 12.3. The van der Waals surface area contributed by atoms with Crippen molar-refractivity contribution in [3.05, 3.63) is 58.7 Å². The summed E-state index contributed by atoms with van der Waals surface area (Å²) in [6.07, 6.45) is 0.211. The maximum Gasteiger partial charge on any atom is 0.247 e. The number of ether oxygens (including phenoxy) is 1. The number of thioether (sulfide) groups is 1. The highest BCUT2D eigenvalue weighted by Crippen LogP contribution is 2.44. The highest BCUT2D eigenvalue weighted by atomic mass is 32.2. The second-order valence-electron chi connectivity index (χ2n) is 8.88. The van der Waals surface area contributed by atoms with Crippen LogP contribution >= 0.6 is 11.8 Å². The summed E-state index contributed by atoms with van der Waals surface area (Å²) in [6, 6.07) is 12.3. The third-order valence-corrected chi connectivity index (χ3v) is 6.92. The first-order chi connectivity index (χ1) is 15.8. The van der Waals surface area contributed by atoms with Crippen LogP contribution in [0.1, 0.15) is 56.2 Å². The van der Waals surface area contributed by atoms with Crippen LogP contribution in [0.5, 0.6) is 5.88 Å². The van der Waals surface area contributed by atoms with E-state index in [0.717, 1.165) is 45.7 Å². The summed E-state index contributed by atoms with van der Waals surface area (Å²) in [6.45, 7) is 12.1. The zero-order chi connectivity index (χ0) is 23.7. The van der Waals surface area contributed by atoms with Gasteiger partial charge in [-0.2, -0.15) is 4.98 Å². The fraction of sp³-hybridized carbons (Fsp3) is 0.385. The molecule has 2 aromatic carbocycles. The van der Waals surface area contributed by atoms with Crippen LogP contribution in [0.2, 0.25) is 0 Å². The minimum absolute atomic E-state index is 0.111. The van der Waals surface area contributed by atoms with Crippen LogP contribution in [0.3, 0.4) is 0 Å². The van der Waals surface area contributed by atoms with Gasteiger partial charge in [0.25, 0.3) is 0 Å². The number of rotatable bonds is 5. The Bertz CT molecular complexity index is 1190. The number of aryl methyl sites for hydroxylation is 3. The van der Waals surface area contributed by atoms with Gasteiger partial charge in [0.15, 0.2) is 5.69 Å². The van der Waals surface area contributed by atoms with E-state index in [1.54, 1.807) is 23.6 Å². The second-order valence-corrected chi connectivity index (χ2v) is 9.86. The molecule has 1 aromatic heterocycles. The Morgan fingerprint density at radius 2 is 1.94 bits per heavy atom. The molecule has 1 atom stereocenters. The monoisotopic (exact) mass is 462 g/mol. The molecule has 33 heavy (non-hydrogen) atoms. The first-order valence-electron chi connectivity index (χ1n) is 11.3. The van der Waals surface area contributed by atoms with Crippen LogP contribution in [0.25, 0.3) is 11.3 Å². The quantitative estimate of drug-likeness (QED) is 0.439. The van der Waals surface area contributed by atoms with E-state index in [1.165, 1.54) is 0 Å². The summed E-state index contributed by atoms with van der Waals surface area (Å²) in [5, 5.41) is 9.49. The zero-order valence-corrected chi connectivity index (χ0v) is 20.9. The van der Waals surface area contributed by atoms with E-state index in [2.05, 4.69) is 50.0 Å². The predicted octanol–water partition coefficient (Wildman–Crippen LogP) is 5.91. The van der Waals surface area contributed by atoms with Crippen LogP contribution in [0, 0.1) is 19.8 Å². The van der Waals surface area contributed by atoms with Gasteiger partial charge < -0.3 is 4.74 Å². The molecule has 0 fully saturated rings. The van der Waals surface area contributed by atoms with Gasteiger partial charge in [0.1, 0.15) is 0 Å². The van der Waals surface area contributed by atoms with E-state index in [4.69, 9.17) is 9.72 Å². The Morgan fingerprint density at radius 3 is 2.61 bits per heavy atom. The van der Waals surface area contributed by atoms with E-state index in [9.17, 15) is 4.79 Å². The van der Waals surface area contributed by atoms with Crippen molar-refractivity contribution in [3.8, 4) is 17.1 Å². The molecule has 0 saturated heterocycles. The summed E-state index contributed by atoms with van der Waals surface area (Å²) in [7, 11) is 0. The third-order valence-electron chi connectivity index (χ3n) is 5.65. The van der Waals surface area contributed by atoms with Crippen molar-refractivity contribution in [2.45, 2.75) is 59.3 Å². The number of fused-ring (bicyclic) bond motifs is 3. The van der Waals surface area contributed by atoms with Crippen molar-refractivity contribution in [1.29, 1.82) is 0 Å². The normalized spacial score (nSPS) is 15.0. The molecule has 0 aliphatic carbocycles. The molecule has 3 aromatic rings. The van der Waals surface area contributed by atoms with Crippen LogP contribution < -0.4 is 9.64 Å². The number of amides is 1. The Morgan fingerprint density at radius 1 is 1.15 bits per heavy atom. The summed E-state index contributed by atoms with van der Waals surface area (Å²) in [4.78, 5) is 19.5. The molecule has 172 valence electrons. The van der Waals surface area contributed by atoms with Crippen molar-refractivity contribution in [3.63, 3.8) is 0 Å². The average molecular weight is 463 g/mol. The van der Waals surface area contributed by atoms with Gasteiger partial charge in [0.2, 0.25) is 23.2 Å². The Balaban J connectivity index is 1.93. The maximum absolute atomic E-state index is 13.0. The minimum Gasteiger partial charge on any atom is -0.447 e. The second kappa shape index (κ2) is 9.51. The lowest BCUT2D eigenvalue weighted by atomic mass is 10.0. The largest absolute Gasteiger partial charge is 0.447 e. The van der Waals surface area contributed by atoms with Crippen LogP contribution in [-0.2, 0) is 11.2 Å². The van der Waals surface area contributed by atoms with Crippen molar-refractivity contribution in [1.82, 2.24) is 15.2 Å². The van der Waals surface area contributed by atoms with E-state index < -0.39 is 6.23 Å². The number of carbonyl (C=O) groups is 1. The van der Waals surface area contributed by atoms with Crippen LogP contribution in [0.15, 0.2) is 41.6 Å². The van der Waals surface area contributed by atoms with Crippen LogP contribution in [-0.4, -0.2) is 26.8 Å². The molecule has 1 aliphatic rings. The molecular formula is C26H30N4O2S. The lowest BCUT2D eigenvalue weighted by Crippen LogP contribution is -2.36. The standard InChI is InChI=1S/C26H30N4O2S/c1-7-19-9-11-22-21(13-19)23-24(27-26(29-28-23)33-14-15(2)3)32-25(30(22)18(6)31)20-10-8-16(4)12-17(20)5/h8-13,15,25H,7,14H2,1-6H3. The lowest BCUT2D eigenvalue weighted by Gasteiger charge is -2.31. The smallest absolute Gasteiger partial charge is 0.247 e. The molecule has 6 nitrogen and oxygen atoms in total. The maximum atomic E-state index is 13.0. The summed E-state index contributed by atoms with van der Waals surface area (Å²) >= 11 is 1.56. The first kappa shape index (κ1) is 23.2. The predicted molar refractivity (Wildman–Crippen MR) is 133 cm³/mol. The van der Waals surface area contributed by atoms with E-state index in [-0.39, 0.29) is 5.91 Å². The zero-order valence-electron chi connectivity index (χ0n) is 20.0. The number of hydrogen-bond acceptors (Lipinski definition) is 6. The van der Waals surface area contributed by atoms with Gasteiger partial charge in [0.05, 0.1) is 5.69 Å². The molecular weight excluding hydrogens is 432 g/mol.